The van der Waals surface area contributed by atoms with Crippen LogP contribution in [0.2, 0.25) is 0 Å². The SMILES string of the molecule is CCN(CC)c1ccc(/C=C(\C#N)C(C#N)=C(C#N)C#N)cc1. The summed E-state index contributed by atoms with van der Waals surface area (Å²) >= 11 is 0. The number of benzene rings is 1. The van der Waals surface area contributed by atoms with Crippen molar-refractivity contribution in [3.63, 3.8) is 0 Å². The van der Waals surface area contributed by atoms with Crippen LogP contribution in [0.3, 0.4) is 0 Å². The molecule has 1 aromatic rings. The average molecular weight is 301 g/mol. The van der Waals surface area contributed by atoms with Gasteiger partial charge in [-0.15, -0.1) is 0 Å². The van der Waals surface area contributed by atoms with Crippen molar-refractivity contribution in [1.82, 2.24) is 0 Å². The molecule has 0 atom stereocenters. The minimum atomic E-state index is -0.361. The molecule has 0 radical (unpaired) electrons. The number of anilines is 1. The van der Waals surface area contributed by atoms with Gasteiger partial charge in [0.1, 0.15) is 29.8 Å². The Hall–Kier alpha value is -3.54. The van der Waals surface area contributed by atoms with Gasteiger partial charge in [0, 0.05) is 18.8 Å². The van der Waals surface area contributed by atoms with Gasteiger partial charge in [-0.05, 0) is 37.6 Å². The Labute approximate surface area is 136 Å². The summed E-state index contributed by atoms with van der Waals surface area (Å²) in [5.41, 5.74) is 1.23. The topological polar surface area (TPSA) is 98.4 Å². The number of rotatable bonds is 5. The van der Waals surface area contributed by atoms with Crippen LogP contribution in [0.15, 0.2) is 41.0 Å². The average Bonchev–Trinajstić information content (AvgIpc) is 2.60. The fourth-order valence-electron chi connectivity index (χ4n) is 2.08. The van der Waals surface area contributed by atoms with Crippen LogP contribution in [-0.2, 0) is 0 Å². The molecule has 23 heavy (non-hydrogen) atoms. The largest absolute Gasteiger partial charge is 0.372 e. The van der Waals surface area contributed by atoms with E-state index in [0.29, 0.717) is 0 Å². The highest BCUT2D eigenvalue weighted by atomic mass is 15.1. The molecule has 0 saturated carbocycles. The maximum absolute atomic E-state index is 9.22. The summed E-state index contributed by atoms with van der Waals surface area (Å²) in [6.07, 6.45) is 1.50. The van der Waals surface area contributed by atoms with Crippen LogP contribution in [0.4, 0.5) is 5.69 Å². The van der Waals surface area contributed by atoms with Gasteiger partial charge < -0.3 is 4.90 Å². The third-order valence-corrected chi connectivity index (χ3v) is 3.31. The van der Waals surface area contributed by atoms with E-state index in [4.69, 9.17) is 15.8 Å². The third kappa shape index (κ3) is 4.21. The van der Waals surface area contributed by atoms with E-state index in [1.54, 1.807) is 18.2 Å². The first-order valence-electron chi connectivity index (χ1n) is 7.06. The van der Waals surface area contributed by atoms with Gasteiger partial charge in [0.2, 0.25) is 0 Å². The number of hydrogen-bond acceptors (Lipinski definition) is 5. The lowest BCUT2D eigenvalue weighted by molar-refractivity contribution is 0.866. The lowest BCUT2D eigenvalue weighted by Gasteiger charge is -2.20. The van der Waals surface area contributed by atoms with Gasteiger partial charge in [0.25, 0.3) is 0 Å². The molecule has 0 aromatic heterocycles. The van der Waals surface area contributed by atoms with Crippen LogP contribution < -0.4 is 4.90 Å². The van der Waals surface area contributed by atoms with E-state index in [1.165, 1.54) is 6.08 Å². The highest BCUT2D eigenvalue weighted by Gasteiger charge is 2.11. The van der Waals surface area contributed by atoms with Crippen molar-refractivity contribution in [3.8, 4) is 24.3 Å². The zero-order valence-corrected chi connectivity index (χ0v) is 13.0. The second-order valence-electron chi connectivity index (χ2n) is 4.52. The van der Waals surface area contributed by atoms with E-state index in [1.807, 2.05) is 30.3 Å². The van der Waals surface area contributed by atoms with Gasteiger partial charge in [-0.25, -0.2) is 0 Å². The fraction of sp³-hybridized carbons (Fsp3) is 0.222. The summed E-state index contributed by atoms with van der Waals surface area (Å²) < 4.78 is 0. The second-order valence-corrected chi connectivity index (χ2v) is 4.52. The molecular weight excluding hydrogens is 286 g/mol. The quantitative estimate of drug-likeness (QED) is 0.613. The Bertz CT molecular complexity index is 766. The molecule has 0 saturated heterocycles. The van der Waals surface area contributed by atoms with Crippen LogP contribution in [0.25, 0.3) is 6.08 Å². The first-order chi connectivity index (χ1) is 11.1. The smallest absolute Gasteiger partial charge is 0.148 e. The molecule has 0 N–H and O–H groups in total. The summed E-state index contributed by atoms with van der Waals surface area (Å²) in [5.74, 6) is 0. The summed E-state index contributed by atoms with van der Waals surface area (Å²) in [5, 5.41) is 36.1. The van der Waals surface area contributed by atoms with Crippen LogP contribution in [0.5, 0.6) is 0 Å². The molecular formula is C18H15N5. The number of allylic oxidation sites excluding steroid dienone is 3. The van der Waals surface area contributed by atoms with E-state index in [9.17, 15) is 5.26 Å². The van der Waals surface area contributed by atoms with Crippen LogP contribution in [0.1, 0.15) is 19.4 Å². The van der Waals surface area contributed by atoms with Gasteiger partial charge >= 0.3 is 0 Å². The van der Waals surface area contributed by atoms with Crippen LogP contribution >= 0.6 is 0 Å². The Balaban J connectivity index is 3.27. The van der Waals surface area contributed by atoms with E-state index >= 15 is 0 Å². The third-order valence-electron chi connectivity index (χ3n) is 3.31. The highest BCUT2D eigenvalue weighted by Crippen LogP contribution is 2.20. The molecule has 0 aliphatic heterocycles. The van der Waals surface area contributed by atoms with Gasteiger partial charge in [-0.2, -0.15) is 21.0 Å². The zero-order chi connectivity index (χ0) is 17.2. The van der Waals surface area contributed by atoms with Crippen molar-refractivity contribution in [2.45, 2.75) is 13.8 Å². The summed E-state index contributed by atoms with van der Waals surface area (Å²) in [6.45, 7) is 5.93. The molecule has 112 valence electrons. The van der Waals surface area contributed by atoms with Crippen molar-refractivity contribution in [1.29, 1.82) is 21.0 Å². The number of hydrogen-bond donors (Lipinski definition) is 0. The summed E-state index contributed by atoms with van der Waals surface area (Å²) in [4.78, 5) is 2.18. The maximum atomic E-state index is 9.22. The Morgan fingerprint density at radius 3 is 1.87 bits per heavy atom. The molecule has 0 fully saturated rings. The van der Waals surface area contributed by atoms with E-state index in [0.717, 1.165) is 24.3 Å². The lowest BCUT2D eigenvalue weighted by Crippen LogP contribution is -2.21. The van der Waals surface area contributed by atoms with Crippen molar-refractivity contribution in [2.24, 2.45) is 0 Å². The van der Waals surface area contributed by atoms with E-state index in [-0.39, 0.29) is 16.7 Å². The molecule has 0 aliphatic rings. The standard InChI is InChI=1S/C18H15N5/c1-3-23(4-2)17-7-5-14(6-8-17)9-15(10-19)18(13-22)16(11-20)12-21/h5-9H,3-4H2,1-2H3/b15-9+. The van der Waals surface area contributed by atoms with Crippen LogP contribution in [0, 0.1) is 45.3 Å². The predicted molar refractivity (Wildman–Crippen MR) is 87.5 cm³/mol. The molecule has 1 rings (SSSR count). The van der Waals surface area contributed by atoms with Crippen LogP contribution in [-0.4, -0.2) is 13.1 Å². The summed E-state index contributed by atoms with van der Waals surface area (Å²) in [7, 11) is 0. The Morgan fingerprint density at radius 2 is 1.48 bits per heavy atom. The molecule has 1 aromatic carbocycles. The molecule has 5 heteroatoms. The van der Waals surface area contributed by atoms with Crippen molar-refractivity contribution in [2.75, 3.05) is 18.0 Å². The maximum Gasteiger partial charge on any atom is 0.148 e. The van der Waals surface area contributed by atoms with Gasteiger partial charge in [-0.1, -0.05) is 12.1 Å². The van der Waals surface area contributed by atoms with Crippen molar-refractivity contribution < 1.29 is 0 Å². The monoisotopic (exact) mass is 301 g/mol. The van der Waals surface area contributed by atoms with Gasteiger partial charge in [-0.3, -0.25) is 0 Å². The first-order valence-corrected chi connectivity index (χ1v) is 7.06. The minimum absolute atomic E-state index is 0.00110. The van der Waals surface area contributed by atoms with Gasteiger partial charge in [0.15, 0.2) is 0 Å². The number of nitriles is 4. The fourth-order valence-corrected chi connectivity index (χ4v) is 2.08. The predicted octanol–water partition coefficient (Wildman–Crippen LogP) is 3.31. The van der Waals surface area contributed by atoms with Crippen molar-refractivity contribution in [3.05, 3.63) is 46.5 Å². The lowest BCUT2D eigenvalue weighted by atomic mass is 10.0. The van der Waals surface area contributed by atoms with E-state index < -0.39 is 0 Å². The molecule has 0 aliphatic carbocycles. The Morgan fingerprint density at radius 1 is 0.913 bits per heavy atom. The number of nitrogens with zero attached hydrogens (tertiary/aromatic N) is 5. The molecule has 0 unspecified atom stereocenters. The minimum Gasteiger partial charge on any atom is -0.372 e. The summed E-state index contributed by atoms with van der Waals surface area (Å²) in [6, 6.07) is 14.4. The zero-order valence-electron chi connectivity index (χ0n) is 13.0. The van der Waals surface area contributed by atoms with Gasteiger partial charge in [0.05, 0.1) is 11.1 Å². The Kier molecular flexibility index (Phi) is 6.61. The molecule has 0 heterocycles. The molecule has 0 spiro atoms. The van der Waals surface area contributed by atoms with E-state index in [2.05, 4.69) is 18.7 Å². The molecule has 5 nitrogen and oxygen atoms in total. The highest BCUT2D eigenvalue weighted by molar-refractivity contribution is 5.71. The first kappa shape index (κ1) is 17.5. The second kappa shape index (κ2) is 8.68. The normalized spacial score (nSPS) is 9.74. The molecule has 0 amide bonds. The van der Waals surface area contributed by atoms with Crippen molar-refractivity contribution >= 4 is 11.8 Å². The molecule has 0 bridgehead atoms.